The van der Waals surface area contributed by atoms with Crippen LogP contribution in [0.5, 0.6) is 0 Å². The smallest absolute Gasteiger partial charge is 0.308 e. The summed E-state index contributed by atoms with van der Waals surface area (Å²) in [6, 6.07) is 0.490. The molecule has 0 radical (unpaired) electrons. The number of carbonyl (C=O) groups excluding carboxylic acids is 1. The van der Waals surface area contributed by atoms with Crippen LogP contribution in [0.4, 0.5) is 4.79 Å². The maximum Gasteiger partial charge on any atom is 0.308 e. The minimum atomic E-state index is 0.182. The van der Waals surface area contributed by atoms with Crippen LogP contribution in [0.1, 0.15) is 41.5 Å². The fourth-order valence-electron chi connectivity index (χ4n) is 2.35. The highest BCUT2D eigenvalue weighted by Crippen LogP contribution is 2.29. The van der Waals surface area contributed by atoms with Crippen molar-refractivity contribution in [1.29, 1.82) is 0 Å². The zero-order chi connectivity index (χ0) is 13.4. The molecular weight excluding hydrogens is 211 g/mol. The molecule has 1 heterocycles. The Morgan fingerprint density at radius 1 is 1.18 bits per heavy atom. The summed E-state index contributed by atoms with van der Waals surface area (Å²) in [6.07, 6.45) is 0. The lowest BCUT2D eigenvalue weighted by molar-refractivity contribution is 0.0849. The largest absolute Gasteiger partial charge is 0.368 e. The molecule has 0 spiro atoms. The van der Waals surface area contributed by atoms with Crippen molar-refractivity contribution in [3.8, 4) is 0 Å². The van der Waals surface area contributed by atoms with Crippen LogP contribution in [0.25, 0.3) is 0 Å². The van der Waals surface area contributed by atoms with E-state index in [9.17, 15) is 4.79 Å². The molecule has 1 aliphatic rings. The van der Waals surface area contributed by atoms with Crippen molar-refractivity contribution in [2.24, 2.45) is 5.41 Å². The fraction of sp³-hybridized carbons (Fsp3) is 0.923. The van der Waals surface area contributed by atoms with Gasteiger partial charge in [-0.3, -0.25) is 0 Å². The van der Waals surface area contributed by atoms with Crippen LogP contribution < -0.4 is 0 Å². The SMILES string of the molecule is CB(C(C)C)N1CC(C)(C)CN(C(C)C)C1=O. The third-order valence-corrected chi connectivity index (χ3v) is 3.77. The molecule has 1 rings (SSSR count). The topological polar surface area (TPSA) is 23.6 Å². The lowest BCUT2D eigenvalue weighted by Crippen LogP contribution is -2.62. The van der Waals surface area contributed by atoms with E-state index in [4.69, 9.17) is 0 Å². The lowest BCUT2D eigenvalue weighted by atomic mass is 9.52. The third kappa shape index (κ3) is 3.17. The maximum atomic E-state index is 12.5. The predicted octanol–water partition coefficient (Wildman–Crippen LogP) is 3.19. The first-order valence-corrected chi connectivity index (χ1v) is 6.73. The molecule has 0 atom stereocenters. The molecule has 2 amide bonds. The van der Waals surface area contributed by atoms with Crippen LogP contribution in [0, 0.1) is 5.41 Å². The molecule has 4 heteroatoms. The Kier molecular flexibility index (Phi) is 4.16. The summed E-state index contributed by atoms with van der Waals surface area (Å²) >= 11 is 0. The number of urea groups is 1. The van der Waals surface area contributed by atoms with E-state index in [2.05, 4.69) is 48.4 Å². The summed E-state index contributed by atoms with van der Waals surface area (Å²) in [5.41, 5.74) is 0.182. The van der Waals surface area contributed by atoms with Gasteiger partial charge in [0.25, 0.3) is 6.85 Å². The fourth-order valence-corrected chi connectivity index (χ4v) is 2.35. The highest BCUT2D eigenvalue weighted by atomic mass is 16.2. The number of amides is 2. The van der Waals surface area contributed by atoms with Crippen LogP contribution in [0.3, 0.4) is 0 Å². The minimum Gasteiger partial charge on any atom is -0.368 e. The summed E-state index contributed by atoms with van der Waals surface area (Å²) in [4.78, 5) is 16.5. The van der Waals surface area contributed by atoms with Crippen molar-refractivity contribution in [2.75, 3.05) is 13.1 Å². The molecule has 0 aliphatic carbocycles. The average molecular weight is 238 g/mol. The van der Waals surface area contributed by atoms with E-state index in [1.54, 1.807) is 0 Å². The third-order valence-electron chi connectivity index (χ3n) is 3.77. The molecule has 1 saturated heterocycles. The van der Waals surface area contributed by atoms with Gasteiger partial charge in [0.1, 0.15) is 0 Å². The Labute approximate surface area is 107 Å². The summed E-state index contributed by atoms with van der Waals surface area (Å²) < 4.78 is 0. The molecule has 1 fully saturated rings. The van der Waals surface area contributed by atoms with E-state index < -0.39 is 0 Å². The first kappa shape index (κ1) is 14.4. The zero-order valence-electron chi connectivity index (χ0n) is 12.4. The van der Waals surface area contributed by atoms with Crippen molar-refractivity contribution in [3.63, 3.8) is 0 Å². The minimum absolute atomic E-state index is 0.182. The molecule has 0 unspecified atom stereocenters. The molecule has 0 N–H and O–H groups in total. The number of rotatable bonds is 3. The number of hydrogen-bond acceptors (Lipinski definition) is 1. The van der Waals surface area contributed by atoms with Crippen LogP contribution >= 0.6 is 0 Å². The first-order valence-electron chi connectivity index (χ1n) is 6.73. The Morgan fingerprint density at radius 2 is 1.71 bits per heavy atom. The second kappa shape index (κ2) is 4.91. The lowest BCUT2D eigenvalue weighted by Gasteiger charge is -2.48. The van der Waals surface area contributed by atoms with E-state index in [1.807, 2.05) is 9.71 Å². The average Bonchev–Trinajstić information content (AvgIpc) is 2.19. The second-order valence-electron chi connectivity index (χ2n) is 6.78. The van der Waals surface area contributed by atoms with Gasteiger partial charge in [-0.1, -0.05) is 34.5 Å². The van der Waals surface area contributed by atoms with E-state index in [0.29, 0.717) is 12.7 Å². The van der Waals surface area contributed by atoms with Crippen LogP contribution in [0.15, 0.2) is 0 Å². The van der Waals surface area contributed by atoms with Gasteiger partial charge in [-0.2, -0.15) is 0 Å². The highest BCUT2D eigenvalue weighted by molar-refractivity contribution is 6.58. The Hall–Kier alpha value is -0.665. The van der Waals surface area contributed by atoms with Crippen molar-refractivity contribution in [3.05, 3.63) is 0 Å². The summed E-state index contributed by atoms with van der Waals surface area (Å²) in [5, 5.41) is 0. The summed E-state index contributed by atoms with van der Waals surface area (Å²) in [6.45, 7) is 17.2. The van der Waals surface area contributed by atoms with Crippen LogP contribution in [0.2, 0.25) is 12.6 Å². The van der Waals surface area contributed by atoms with Gasteiger partial charge in [0.2, 0.25) is 0 Å². The number of carbonyl (C=O) groups is 1. The normalized spacial score (nSPS) is 20.4. The molecule has 0 bridgehead atoms. The van der Waals surface area contributed by atoms with Gasteiger partial charge in [-0.25, -0.2) is 4.79 Å². The quantitative estimate of drug-likeness (QED) is 0.692. The van der Waals surface area contributed by atoms with E-state index in [0.717, 1.165) is 13.1 Å². The van der Waals surface area contributed by atoms with E-state index >= 15 is 0 Å². The molecule has 17 heavy (non-hydrogen) atoms. The Bertz CT molecular complexity index is 289. The molecule has 0 aromatic rings. The van der Waals surface area contributed by atoms with Gasteiger partial charge in [-0.15, -0.1) is 0 Å². The molecule has 0 aromatic carbocycles. The molecule has 98 valence electrons. The first-order chi connectivity index (χ1) is 7.65. The zero-order valence-corrected chi connectivity index (χ0v) is 12.4. The van der Waals surface area contributed by atoms with E-state index in [-0.39, 0.29) is 17.5 Å². The maximum absolute atomic E-state index is 12.5. The van der Waals surface area contributed by atoms with Crippen molar-refractivity contribution in [2.45, 2.75) is 60.2 Å². The van der Waals surface area contributed by atoms with Gasteiger partial charge in [0.05, 0.1) is 0 Å². The number of nitrogens with zero attached hydrogens (tertiary/aromatic N) is 2. The van der Waals surface area contributed by atoms with Crippen LogP contribution in [-0.4, -0.2) is 41.7 Å². The van der Waals surface area contributed by atoms with Crippen LogP contribution in [-0.2, 0) is 0 Å². The molecule has 0 saturated carbocycles. The standard InChI is InChI=1S/C13H27BN2O/c1-10(2)14(7)16-9-13(5,6)8-15(11(3)4)12(16)17/h10-11H,8-9H2,1-7H3. The van der Waals surface area contributed by atoms with E-state index in [1.165, 1.54) is 0 Å². The highest BCUT2D eigenvalue weighted by Gasteiger charge is 2.40. The molecule has 0 aromatic heterocycles. The Balaban J connectivity index is 2.93. The molecule has 3 nitrogen and oxygen atoms in total. The van der Waals surface area contributed by atoms with Gasteiger partial charge in [0.15, 0.2) is 0 Å². The van der Waals surface area contributed by atoms with Crippen molar-refractivity contribution in [1.82, 2.24) is 9.71 Å². The van der Waals surface area contributed by atoms with Gasteiger partial charge in [0, 0.05) is 19.1 Å². The summed E-state index contributed by atoms with van der Waals surface area (Å²) in [7, 11) is 0. The monoisotopic (exact) mass is 238 g/mol. The molecular formula is C13H27BN2O. The van der Waals surface area contributed by atoms with Crippen molar-refractivity contribution < 1.29 is 4.79 Å². The van der Waals surface area contributed by atoms with Gasteiger partial charge < -0.3 is 9.71 Å². The number of hydrogen-bond donors (Lipinski definition) is 0. The Morgan fingerprint density at radius 3 is 2.12 bits per heavy atom. The van der Waals surface area contributed by atoms with Gasteiger partial charge in [-0.05, 0) is 25.1 Å². The molecule has 1 aliphatic heterocycles. The van der Waals surface area contributed by atoms with Gasteiger partial charge >= 0.3 is 6.03 Å². The summed E-state index contributed by atoms with van der Waals surface area (Å²) in [5.74, 6) is 0.502. The second-order valence-corrected chi connectivity index (χ2v) is 6.78. The van der Waals surface area contributed by atoms with Crippen molar-refractivity contribution >= 4 is 12.9 Å². The predicted molar refractivity (Wildman–Crippen MR) is 74.4 cm³/mol.